The Hall–Kier alpha value is -1.43. The predicted molar refractivity (Wildman–Crippen MR) is 79.4 cm³/mol. The van der Waals surface area contributed by atoms with Crippen LogP contribution in [0.3, 0.4) is 0 Å². The van der Waals surface area contributed by atoms with Gasteiger partial charge in [0.1, 0.15) is 0 Å². The smallest absolute Gasteiger partial charge is 0.224 e. The largest absolute Gasteiger partial charge is 0.396 e. The van der Waals surface area contributed by atoms with Gasteiger partial charge in [0.2, 0.25) is 5.95 Å². The van der Waals surface area contributed by atoms with E-state index in [1.165, 1.54) is 6.20 Å². The fourth-order valence-corrected chi connectivity index (χ4v) is 1.78. The maximum atomic E-state index is 13.7. The van der Waals surface area contributed by atoms with Gasteiger partial charge in [0.15, 0.2) is 11.6 Å². The van der Waals surface area contributed by atoms with Crippen molar-refractivity contribution in [1.82, 2.24) is 9.97 Å². The summed E-state index contributed by atoms with van der Waals surface area (Å²) < 4.78 is 13.7. The fraction of sp³-hybridized carbons (Fsp3) is 0.714. The lowest BCUT2D eigenvalue weighted by Crippen LogP contribution is -2.24. The van der Waals surface area contributed by atoms with Crippen molar-refractivity contribution in [2.75, 3.05) is 30.3 Å². The molecule has 1 aromatic rings. The van der Waals surface area contributed by atoms with Crippen molar-refractivity contribution in [2.24, 2.45) is 5.41 Å². The zero-order chi connectivity index (χ0) is 15.0. The van der Waals surface area contributed by atoms with Gasteiger partial charge < -0.3 is 15.7 Å². The molecule has 0 saturated carbocycles. The zero-order valence-corrected chi connectivity index (χ0v) is 12.5. The molecule has 0 spiro atoms. The second-order valence-electron chi connectivity index (χ2n) is 5.66. The summed E-state index contributed by atoms with van der Waals surface area (Å²) in [7, 11) is 0. The summed E-state index contributed by atoms with van der Waals surface area (Å²) in [6.07, 6.45) is 3.74. The van der Waals surface area contributed by atoms with Gasteiger partial charge >= 0.3 is 0 Å². The lowest BCUT2D eigenvalue weighted by molar-refractivity contribution is 0.247. The molecule has 3 N–H and O–H groups in total. The highest BCUT2D eigenvalue weighted by Gasteiger charge is 2.18. The number of halogens is 1. The summed E-state index contributed by atoms with van der Waals surface area (Å²) in [6.45, 7) is 7.72. The average Bonchev–Trinajstić information content (AvgIpc) is 2.43. The molecule has 1 aromatic heterocycles. The predicted octanol–water partition coefficient (Wildman–Crippen LogP) is 2.65. The first-order valence-corrected chi connectivity index (χ1v) is 7.09. The number of rotatable bonds is 9. The average molecular weight is 284 g/mol. The van der Waals surface area contributed by atoms with Gasteiger partial charge in [0.05, 0.1) is 6.20 Å². The van der Waals surface area contributed by atoms with Crippen molar-refractivity contribution in [1.29, 1.82) is 0 Å². The molecule has 0 bridgehead atoms. The van der Waals surface area contributed by atoms with Crippen LogP contribution < -0.4 is 10.6 Å². The van der Waals surface area contributed by atoms with Gasteiger partial charge in [-0.1, -0.05) is 20.8 Å². The van der Waals surface area contributed by atoms with Crippen LogP contribution in [0.15, 0.2) is 6.20 Å². The minimum atomic E-state index is -0.454. The molecule has 0 radical (unpaired) electrons. The zero-order valence-electron chi connectivity index (χ0n) is 12.5. The first-order chi connectivity index (χ1) is 9.48. The number of aliphatic hydroxyl groups excluding tert-OH is 1. The Kier molecular flexibility index (Phi) is 6.64. The Balaban J connectivity index is 2.61. The minimum absolute atomic E-state index is 0.0306. The molecule has 0 fully saturated rings. The van der Waals surface area contributed by atoms with E-state index >= 15 is 0 Å². The number of hydrogen-bond donors (Lipinski definition) is 3. The van der Waals surface area contributed by atoms with E-state index in [2.05, 4.69) is 34.4 Å². The van der Waals surface area contributed by atoms with Crippen LogP contribution in [0.25, 0.3) is 0 Å². The molecular formula is C14H25FN4O. The number of aromatic nitrogens is 2. The Morgan fingerprint density at radius 2 is 2.10 bits per heavy atom. The van der Waals surface area contributed by atoms with Gasteiger partial charge in [0, 0.05) is 19.7 Å². The number of nitrogens with zero attached hydrogens (tertiary/aromatic N) is 2. The normalized spacial score (nSPS) is 11.4. The van der Waals surface area contributed by atoms with Crippen LogP contribution in [0.1, 0.15) is 40.0 Å². The Bertz CT molecular complexity index is 412. The molecule has 0 saturated heterocycles. The number of nitrogens with one attached hydrogen (secondary N) is 2. The van der Waals surface area contributed by atoms with Crippen molar-refractivity contribution in [3.8, 4) is 0 Å². The summed E-state index contributed by atoms with van der Waals surface area (Å²) in [6, 6.07) is 0. The SMILES string of the molecule is CCCNc1ncc(F)c(NCC(C)(C)CCCO)n1. The molecular weight excluding hydrogens is 259 g/mol. The fourth-order valence-electron chi connectivity index (χ4n) is 1.78. The lowest BCUT2D eigenvalue weighted by atomic mass is 9.88. The molecule has 6 heteroatoms. The molecule has 0 aliphatic carbocycles. The highest BCUT2D eigenvalue weighted by atomic mass is 19.1. The van der Waals surface area contributed by atoms with Gasteiger partial charge in [-0.15, -0.1) is 0 Å². The third-order valence-electron chi connectivity index (χ3n) is 3.02. The standard InChI is InChI=1S/C14H25FN4O/c1-4-7-16-13-17-9-11(15)12(19-13)18-10-14(2,3)6-5-8-20/h9,20H,4-8,10H2,1-3H3,(H2,16,17,18,19). The summed E-state index contributed by atoms with van der Waals surface area (Å²) in [5, 5.41) is 14.9. The lowest BCUT2D eigenvalue weighted by Gasteiger charge is -2.25. The Morgan fingerprint density at radius 1 is 1.35 bits per heavy atom. The molecule has 0 aliphatic heterocycles. The topological polar surface area (TPSA) is 70.1 Å². The van der Waals surface area contributed by atoms with E-state index in [9.17, 15) is 4.39 Å². The number of aliphatic hydroxyl groups is 1. The molecule has 1 heterocycles. The van der Waals surface area contributed by atoms with Crippen molar-refractivity contribution in [3.05, 3.63) is 12.0 Å². The maximum Gasteiger partial charge on any atom is 0.224 e. The van der Waals surface area contributed by atoms with Crippen LogP contribution in [0.4, 0.5) is 16.2 Å². The highest BCUT2D eigenvalue weighted by Crippen LogP contribution is 2.23. The van der Waals surface area contributed by atoms with Crippen LogP contribution in [0.5, 0.6) is 0 Å². The molecule has 0 unspecified atom stereocenters. The van der Waals surface area contributed by atoms with E-state index < -0.39 is 5.82 Å². The third-order valence-corrected chi connectivity index (χ3v) is 3.02. The van der Waals surface area contributed by atoms with E-state index in [0.29, 0.717) is 12.5 Å². The third kappa shape index (κ3) is 5.69. The van der Waals surface area contributed by atoms with Crippen molar-refractivity contribution in [3.63, 3.8) is 0 Å². The van der Waals surface area contributed by atoms with E-state index in [-0.39, 0.29) is 17.8 Å². The summed E-state index contributed by atoms with van der Waals surface area (Å²) in [5.41, 5.74) is -0.0306. The van der Waals surface area contributed by atoms with Crippen LogP contribution in [0, 0.1) is 11.2 Å². The van der Waals surface area contributed by atoms with Crippen molar-refractivity contribution in [2.45, 2.75) is 40.0 Å². The molecule has 0 aromatic carbocycles. The maximum absolute atomic E-state index is 13.7. The Labute approximate surface area is 120 Å². The van der Waals surface area contributed by atoms with Crippen molar-refractivity contribution >= 4 is 11.8 Å². The van der Waals surface area contributed by atoms with Crippen LogP contribution in [0.2, 0.25) is 0 Å². The van der Waals surface area contributed by atoms with E-state index in [1.54, 1.807) is 0 Å². The monoisotopic (exact) mass is 284 g/mol. The summed E-state index contributed by atoms with van der Waals surface area (Å²) in [4.78, 5) is 8.04. The van der Waals surface area contributed by atoms with Crippen molar-refractivity contribution < 1.29 is 9.50 Å². The van der Waals surface area contributed by atoms with Gasteiger partial charge in [-0.2, -0.15) is 4.98 Å². The van der Waals surface area contributed by atoms with E-state index in [1.807, 2.05) is 6.92 Å². The summed E-state index contributed by atoms with van der Waals surface area (Å²) >= 11 is 0. The van der Waals surface area contributed by atoms with Gasteiger partial charge in [-0.05, 0) is 24.7 Å². The van der Waals surface area contributed by atoms with Crippen LogP contribution in [-0.4, -0.2) is 34.8 Å². The Morgan fingerprint density at radius 3 is 2.75 bits per heavy atom. The first-order valence-electron chi connectivity index (χ1n) is 7.09. The molecule has 114 valence electrons. The number of hydrogen-bond acceptors (Lipinski definition) is 5. The van der Waals surface area contributed by atoms with Gasteiger partial charge in [0.25, 0.3) is 0 Å². The molecule has 0 amide bonds. The first kappa shape index (κ1) is 16.6. The highest BCUT2D eigenvalue weighted by molar-refractivity contribution is 5.41. The van der Waals surface area contributed by atoms with E-state index in [4.69, 9.17) is 5.11 Å². The summed E-state index contributed by atoms with van der Waals surface area (Å²) in [5.74, 6) is 0.199. The number of anilines is 2. The molecule has 1 rings (SSSR count). The molecule has 0 aliphatic rings. The van der Waals surface area contributed by atoms with Crippen LogP contribution in [-0.2, 0) is 0 Å². The molecule has 0 atom stereocenters. The van der Waals surface area contributed by atoms with Crippen LogP contribution >= 0.6 is 0 Å². The molecule has 5 nitrogen and oxygen atoms in total. The minimum Gasteiger partial charge on any atom is -0.396 e. The van der Waals surface area contributed by atoms with Gasteiger partial charge in [-0.3, -0.25) is 0 Å². The second-order valence-corrected chi connectivity index (χ2v) is 5.66. The van der Waals surface area contributed by atoms with E-state index in [0.717, 1.165) is 25.8 Å². The van der Waals surface area contributed by atoms with Gasteiger partial charge in [-0.25, -0.2) is 9.37 Å². The second kappa shape index (κ2) is 7.99. The quantitative estimate of drug-likeness (QED) is 0.650. The molecule has 20 heavy (non-hydrogen) atoms.